The zero-order valence-corrected chi connectivity index (χ0v) is 9.24. The normalized spacial score (nSPS) is 26.1. The summed E-state index contributed by atoms with van der Waals surface area (Å²) in [5, 5.41) is 0. The monoisotopic (exact) mass is 210 g/mol. The van der Waals surface area contributed by atoms with E-state index in [0.717, 1.165) is 32.2 Å². The molecule has 2 heterocycles. The lowest BCUT2D eigenvalue weighted by molar-refractivity contribution is -0.132. The van der Waals surface area contributed by atoms with Crippen LogP contribution in [0.2, 0.25) is 0 Å². The maximum absolute atomic E-state index is 12.0. The van der Waals surface area contributed by atoms with Crippen molar-refractivity contribution in [2.24, 2.45) is 0 Å². The van der Waals surface area contributed by atoms with Crippen LogP contribution in [0.1, 0.15) is 39.0 Å². The van der Waals surface area contributed by atoms with E-state index in [1.54, 1.807) is 0 Å². The Bertz CT molecular complexity index is 278. The van der Waals surface area contributed by atoms with Crippen LogP contribution in [-0.4, -0.2) is 40.9 Å². The minimum atomic E-state index is -0.0535. The van der Waals surface area contributed by atoms with Crippen LogP contribution in [-0.2, 0) is 4.79 Å². The fraction of sp³-hybridized carbons (Fsp3) is 0.818. The topological polar surface area (TPSA) is 40.6 Å². The molecule has 0 aromatic heterocycles. The van der Waals surface area contributed by atoms with Crippen LogP contribution in [0.3, 0.4) is 0 Å². The molecule has 1 unspecified atom stereocenters. The lowest BCUT2D eigenvalue weighted by Gasteiger charge is -2.36. The number of hydrogen-bond acceptors (Lipinski definition) is 2. The highest BCUT2D eigenvalue weighted by Crippen LogP contribution is 2.26. The third-order valence-electron chi connectivity index (χ3n) is 3.30. The number of amides is 3. The molecule has 3 amide bonds. The molecule has 0 radical (unpaired) electrons. The Balaban J connectivity index is 2.04. The molecule has 0 aliphatic carbocycles. The highest BCUT2D eigenvalue weighted by atomic mass is 16.2. The van der Waals surface area contributed by atoms with Gasteiger partial charge in [-0.1, -0.05) is 13.3 Å². The van der Waals surface area contributed by atoms with Crippen LogP contribution in [0.25, 0.3) is 0 Å². The zero-order chi connectivity index (χ0) is 10.8. The Kier molecular flexibility index (Phi) is 2.93. The van der Waals surface area contributed by atoms with E-state index in [2.05, 4.69) is 6.92 Å². The first kappa shape index (κ1) is 10.5. The Morgan fingerprint density at radius 3 is 2.93 bits per heavy atom. The average molecular weight is 210 g/mol. The standard InChI is InChI=1S/C11H18N2O2/c1-2-3-6-13-10(14)8-9-5-4-7-12(9)11(13)15/h9H,2-8H2,1H3. The molecule has 2 fully saturated rings. The Morgan fingerprint density at radius 2 is 2.20 bits per heavy atom. The summed E-state index contributed by atoms with van der Waals surface area (Å²) in [7, 11) is 0. The summed E-state index contributed by atoms with van der Waals surface area (Å²) >= 11 is 0. The Morgan fingerprint density at radius 1 is 1.40 bits per heavy atom. The smallest absolute Gasteiger partial charge is 0.321 e. The van der Waals surface area contributed by atoms with Crippen molar-refractivity contribution in [3.8, 4) is 0 Å². The molecular weight excluding hydrogens is 192 g/mol. The minimum absolute atomic E-state index is 0.0246. The fourth-order valence-electron chi connectivity index (χ4n) is 2.41. The van der Waals surface area contributed by atoms with Crippen LogP contribution < -0.4 is 0 Å². The van der Waals surface area contributed by atoms with E-state index in [-0.39, 0.29) is 18.0 Å². The number of nitrogens with zero attached hydrogens (tertiary/aromatic N) is 2. The van der Waals surface area contributed by atoms with Crippen LogP contribution >= 0.6 is 0 Å². The van der Waals surface area contributed by atoms with Crippen LogP contribution in [0.15, 0.2) is 0 Å². The maximum atomic E-state index is 12.0. The molecule has 84 valence electrons. The predicted octanol–water partition coefficient (Wildman–Crippen LogP) is 1.60. The second kappa shape index (κ2) is 4.21. The van der Waals surface area contributed by atoms with Crippen molar-refractivity contribution in [2.45, 2.75) is 45.1 Å². The quantitative estimate of drug-likeness (QED) is 0.710. The van der Waals surface area contributed by atoms with Gasteiger partial charge in [0.15, 0.2) is 0 Å². The van der Waals surface area contributed by atoms with Gasteiger partial charge >= 0.3 is 6.03 Å². The molecule has 2 saturated heterocycles. The number of urea groups is 1. The van der Waals surface area contributed by atoms with Crippen LogP contribution in [0, 0.1) is 0 Å². The first-order chi connectivity index (χ1) is 7.24. The van der Waals surface area contributed by atoms with E-state index in [4.69, 9.17) is 0 Å². The molecule has 0 bridgehead atoms. The maximum Gasteiger partial charge on any atom is 0.326 e. The van der Waals surface area contributed by atoms with E-state index in [1.807, 2.05) is 4.90 Å². The van der Waals surface area contributed by atoms with E-state index >= 15 is 0 Å². The van der Waals surface area contributed by atoms with E-state index < -0.39 is 0 Å². The molecule has 0 aromatic carbocycles. The molecule has 4 nitrogen and oxygen atoms in total. The Hall–Kier alpha value is -1.06. The first-order valence-electron chi connectivity index (χ1n) is 5.85. The van der Waals surface area contributed by atoms with Gasteiger partial charge < -0.3 is 4.90 Å². The van der Waals surface area contributed by atoms with Gasteiger partial charge in [0.25, 0.3) is 0 Å². The molecule has 15 heavy (non-hydrogen) atoms. The van der Waals surface area contributed by atoms with Crippen LogP contribution in [0.4, 0.5) is 4.79 Å². The molecule has 4 heteroatoms. The molecular formula is C11H18N2O2. The Labute approximate surface area is 90.2 Å². The van der Waals surface area contributed by atoms with Gasteiger partial charge in [-0.25, -0.2) is 4.79 Å². The molecule has 0 N–H and O–H groups in total. The summed E-state index contributed by atoms with van der Waals surface area (Å²) in [6.45, 7) is 3.49. The number of rotatable bonds is 3. The summed E-state index contributed by atoms with van der Waals surface area (Å²) < 4.78 is 0. The molecule has 2 aliphatic heterocycles. The van der Waals surface area contributed by atoms with E-state index in [0.29, 0.717) is 13.0 Å². The molecule has 2 aliphatic rings. The van der Waals surface area contributed by atoms with Crippen LogP contribution in [0.5, 0.6) is 0 Å². The number of imide groups is 1. The van der Waals surface area contributed by atoms with Gasteiger partial charge in [-0.05, 0) is 19.3 Å². The highest BCUT2D eigenvalue weighted by Gasteiger charge is 2.40. The van der Waals surface area contributed by atoms with Gasteiger partial charge in [-0.15, -0.1) is 0 Å². The van der Waals surface area contributed by atoms with Crippen molar-refractivity contribution < 1.29 is 9.59 Å². The summed E-state index contributed by atoms with van der Waals surface area (Å²) in [5.74, 6) is 0.0246. The van der Waals surface area contributed by atoms with Gasteiger partial charge in [0.2, 0.25) is 5.91 Å². The van der Waals surface area contributed by atoms with Crippen molar-refractivity contribution in [3.63, 3.8) is 0 Å². The molecule has 0 spiro atoms. The number of hydrogen-bond donors (Lipinski definition) is 0. The molecule has 1 atom stereocenters. The SMILES string of the molecule is CCCCN1C(=O)CC2CCCN2C1=O. The fourth-order valence-corrected chi connectivity index (χ4v) is 2.41. The third-order valence-corrected chi connectivity index (χ3v) is 3.30. The highest BCUT2D eigenvalue weighted by molar-refractivity contribution is 5.97. The predicted molar refractivity (Wildman–Crippen MR) is 56.4 cm³/mol. The van der Waals surface area contributed by atoms with E-state index in [9.17, 15) is 9.59 Å². The van der Waals surface area contributed by atoms with Gasteiger partial charge in [0, 0.05) is 25.6 Å². The molecule has 0 saturated carbocycles. The average Bonchev–Trinajstić information content (AvgIpc) is 2.65. The molecule has 2 rings (SSSR count). The number of unbranched alkanes of at least 4 members (excludes halogenated alkanes) is 1. The second-order valence-electron chi connectivity index (χ2n) is 4.38. The van der Waals surface area contributed by atoms with Gasteiger partial charge in [0.05, 0.1) is 0 Å². The van der Waals surface area contributed by atoms with E-state index in [1.165, 1.54) is 4.90 Å². The van der Waals surface area contributed by atoms with Crippen molar-refractivity contribution in [2.75, 3.05) is 13.1 Å². The van der Waals surface area contributed by atoms with Crippen molar-refractivity contribution >= 4 is 11.9 Å². The minimum Gasteiger partial charge on any atom is -0.321 e. The lowest BCUT2D eigenvalue weighted by atomic mass is 10.1. The zero-order valence-electron chi connectivity index (χ0n) is 9.24. The largest absolute Gasteiger partial charge is 0.326 e. The van der Waals surface area contributed by atoms with Gasteiger partial charge in [-0.3, -0.25) is 9.69 Å². The van der Waals surface area contributed by atoms with Crippen molar-refractivity contribution in [3.05, 3.63) is 0 Å². The number of carbonyl (C=O) groups excluding carboxylic acids is 2. The summed E-state index contributed by atoms with van der Waals surface area (Å²) in [6, 6.07) is 0.144. The number of fused-ring (bicyclic) bond motifs is 1. The van der Waals surface area contributed by atoms with Crippen molar-refractivity contribution in [1.29, 1.82) is 0 Å². The first-order valence-corrected chi connectivity index (χ1v) is 5.85. The summed E-state index contributed by atoms with van der Waals surface area (Å²) in [6.07, 6.45) is 4.51. The second-order valence-corrected chi connectivity index (χ2v) is 4.38. The van der Waals surface area contributed by atoms with Gasteiger partial charge in [0.1, 0.15) is 0 Å². The van der Waals surface area contributed by atoms with Crippen molar-refractivity contribution in [1.82, 2.24) is 9.80 Å². The third kappa shape index (κ3) is 1.85. The lowest BCUT2D eigenvalue weighted by Crippen LogP contribution is -2.54. The molecule has 0 aromatic rings. The number of carbonyl (C=O) groups is 2. The van der Waals surface area contributed by atoms with Gasteiger partial charge in [-0.2, -0.15) is 0 Å². The summed E-state index contributed by atoms with van der Waals surface area (Å²) in [4.78, 5) is 27.0. The summed E-state index contributed by atoms with van der Waals surface area (Å²) in [5.41, 5.74) is 0.